The molecular weight excluding hydrogens is 286 g/mol. The highest BCUT2D eigenvalue weighted by molar-refractivity contribution is 5.63. The largest absolute Gasteiger partial charge is 0.368 e. The zero-order valence-corrected chi connectivity index (χ0v) is 13.1. The van der Waals surface area contributed by atoms with E-state index in [1.54, 1.807) is 0 Å². The molecule has 23 heavy (non-hydrogen) atoms. The zero-order chi connectivity index (χ0) is 15.6. The summed E-state index contributed by atoms with van der Waals surface area (Å²) in [7, 11) is 0. The number of benzene rings is 1. The van der Waals surface area contributed by atoms with E-state index in [4.69, 9.17) is 10.8 Å². The Balaban J connectivity index is 1.63. The molecule has 1 aliphatic carbocycles. The van der Waals surface area contributed by atoms with Crippen molar-refractivity contribution in [3.8, 4) is 11.3 Å². The van der Waals surface area contributed by atoms with E-state index < -0.39 is 0 Å². The molecular formula is C18H21N5. The third-order valence-electron chi connectivity index (χ3n) is 4.64. The van der Waals surface area contributed by atoms with Gasteiger partial charge in [0.05, 0.1) is 11.9 Å². The Hall–Kier alpha value is -2.40. The molecule has 118 valence electrons. The third kappa shape index (κ3) is 2.80. The number of hydrogen-bond donors (Lipinski definition) is 2. The maximum Gasteiger partial charge on any atom is 0.154 e. The molecule has 0 atom stereocenters. The van der Waals surface area contributed by atoms with Crippen molar-refractivity contribution in [2.75, 3.05) is 11.9 Å². The van der Waals surface area contributed by atoms with E-state index in [-0.39, 0.29) is 0 Å². The highest BCUT2D eigenvalue weighted by atomic mass is 15.3. The smallest absolute Gasteiger partial charge is 0.154 e. The second-order valence-electron chi connectivity index (χ2n) is 6.21. The predicted molar refractivity (Wildman–Crippen MR) is 92.1 cm³/mol. The zero-order valence-electron chi connectivity index (χ0n) is 13.1. The van der Waals surface area contributed by atoms with E-state index in [9.17, 15) is 0 Å². The molecule has 0 aliphatic heterocycles. The molecule has 3 N–H and O–H groups in total. The molecule has 1 saturated carbocycles. The van der Waals surface area contributed by atoms with Crippen molar-refractivity contribution in [1.29, 1.82) is 0 Å². The molecule has 0 radical (unpaired) electrons. The van der Waals surface area contributed by atoms with Crippen molar-refractivity contribution >= 4 is 11.5 Å². The Morgan fingerprint density at radius 3 is 2.65 bits per heavy atom. The van der Waals surface area contributed by atoms with Gasteiger partial charge in [-0.2, -0.15) is 0 Å². The van der Waals surface area contributed by atoms with Crippen LogP contribution in [0.5, 0.6) is 0 Å². The summed E-state index contributed by atoms with van der Waals surface area (Å²) in [5, 5.41) is 8.15. The van der Waals surface area contributed by atoms with E-state index in [1.807, 2.05) is 35.0 Å². The summed E-state index contributed by atoms with van der Waals surface area (Å²) in [5.41, 5.74) is 9.74. The number of hydrogen-bond acceptors (Lipinski definition) is 4. The molecule has 5 heteroatoms. The highest BCUT2D eigenvalue weighted by Crippen LogP contribution is 2.26. The molecule has 0 saturated heterocycles. The molecule has 1 fully saturated rings. The summed E-state index contributed by atoms with van der Waals surface area (Å²) in [4.78, 5) is 4.45. The molecule has 0 amide bonds. The van der Waals surface area contributed by atoms with Crippen LogP contribution in [0.1, 0.15) is 24.8 Å². The Kier molecular flexibility index (Phi) is 3.71. The first-order valence-electron chi connectivity index (χ1n) is 8.21. The fourth-order valence-electron chi connectivity index (χ4n) is 2.92. The number of aromatic nitrogens is 3. The second-order valence-corrected chi connectivity index (χ2v) is 6.21. The molecule has 2 aromatic heterocycles. The molecule has 4 rings (SSSR count). The van der Waals surface area contributed by atoms with Crippen molar-refractivity contribution in [2.45, 2.75) is 25.8 Å². The van der Waals surface area contributed by atoms with Gasteiger partial charge in [-0.25, -0.2) is 9.50 Å². The lowest BCUT2D eigenvalue weighted by atomic mass is 9.85. The maximum atomic E-state index is 5.66. The van der Waals surface area contributed by atoms with Gasteiger partial charge in [-0.3, -0.25) is 0 Å². The molecule has 0 bridgehead atoms. The van der Waals surface area contributed by atoms with Gasteiger partial charge in [0.25, 0.3) is 0 Å². The standard InChI is InChI=1S/C18H21N5/c19-10-13-4-6-15(7-5-13)16-12-21-18-9-8-17(22-23(16)18)20-11-14-2-1-3-14/h4-9,12,14H,1-3,10-11,19H2,(H,20,22). The number of nitrogens with two attached hydrogens (primary N) is 1. The lowest BCUT2D eigenvalue weighted by molar-refractivity contribution is 0.333. The maximum absolute atomic E-state index is 5.66. The van der Waals surface area contributed by atoms with E-state index in [0.717, 1.165) is 40.7 Å². The Labute approximate surface area is 135 Å². The second kappa shape index (κ2) is 6.01. The van der Waals surface area contributed by atoms with Gasteiger partial charge in [0.2, 0.25) is 0 Å². The van der Waals surface area contributed by atoms with Crippen LogP contribution in [0.4, 0.5) is 5.82 Å². The lowest BCUT2D eigenvalue weighted by Gasteiger charge is -2.25. The lowest BCUT2D eigenvalue weighted by Crippen LogP contribution is -2.21. The molecule has 0 spiro atoms. The van der Waals surface area contributed by atoms with Gasteiger partial charge < -0.3 is 11.1 Å². The Bertz CT molecular complexity index is 802. The Morgan fingerprint density at radius 1 is 1.13 bits per heavy atom. The molecule has 0 unspecified atom stereocenters. The first-order valence-corrected chi connectivity index (χ1v) is 8.21. The minimum atomic E-state index is 0.556. The SMILES string of the molecule is NCc1ccc(-c2cnc3ccc(NCC4CCC4)nn23)cc1. The topological polar surface area (TPSA) is 68.2 Å². The first kappa shape index (κ1) is 14.2. The molecule has 3 aromatic rings. The van der Waals surface area contributed by atoms with Gasteiger partial charge in [0.15, 0.2) is 5.65 Å². The van der Waals surface area contributed by atoms with Gasteiger partial charge in [0, 0.05) is 18.7 Å². The number of nitrogens with zero attached hydrogens (tertiary/aromatic N) is 3. The van der Waals surface area contributed by atoms with Crippen LogP contribution in [0, 0.1) is 5.92 Å². The average Bonchev–Trinajstić information content (AvgIpc) is 2.97. The molecule has 1 aliphatic rings. The van der Waals surface area contributed by atoms with Crippen LogP contribution in [-0.2, 0) is 6.54 Å². The minimum Gasteiger partial charge on any atom is -0.368 e. The monoisotopic (exact) mass is 307 g/mol. The first-order chi connectivity index (χ1) is 11.3. The summed E-state index contributed by atoms with van der Waals surface area (Å²) in [6.07, 6.45) is 5.90. The van der Waals surface area contributed by atoms with Gasteiger partial charge in [0.1, 0.15) is 5.82 Å². The average molecular weight is 307 g/mol. The normalized spacial score (nSPS) is 14.8. The van der Waals surface area contributed by atoms with Crippen LogP contribution in [0.3, 0.4) is 0 Å². The van der Waals surface area contributed by atoms with Crippen molar-refractivity contribution in [3.05, 3.63) is 48.2 Å². The predicted octanol–water partition coefficient (Wildman–Crippen LogP) is 3.07. The number of anilines is 1. The highest BCUT2D eigenvalue weighted by Gasteiger charge is 2.17. The van der Waals surface area contributed by atoms with Crippen LogP contribution in [0.15, 0.2) is 42.6 Å². The summed E-state index contributed by atoms with van der Waals surface area (Å²) < 4.78 is 1.90. The van der Waals surface area contributed by atoms with Gasteiger partial charge in [-0.1, -0.05) is 30.7 Å². The quantitative estimate of drug-likeness (QED) is 0.760. The van der Waals surface area contributed by atoms with Crippen LogP contribution in [-0.4, -0.2) is 21.1 Å². The van der Waals surface area contributed by atoms with Crippen LogP contribution >= 0.6 is 0 Å². The van der Waals surface area contributed by atoms with Crippen LogP contribution in [0.25, 0.3) is 16.9 Å². The van der Waals surface area contributed by atoms with Gasteiger partial charge in [-0.05, 0) is 36.5 Å². The number of rotatable bonds is 5. The van der Waals surface area contributed by atoms with Crippen molar-refractivity contribution < 1.29 is 0 Å². The molecule has 5 nitrogen and oxygen atoms in total. The summed E-state index contributed by atoms with van der Waals surface area (Å²) in [6, 6.07) is 12.3. The van der Waals surface area contributed by atoms with Crippen LogP contribution in [0.2, 0.25) is 0 Å². The van der Waals surface area contributed by atoms with Gasteiger partial charge >= 0.3 is 0 Å². The van der Waals surface area contributed by atoms with Crippen molar-refractivity contribution in [1.82, 2.24) is 14.6 Å². The molecule has 1 aromatic carbocycles. The van der Waals surface area contributed by atoms with E-state index in [2.05, 4.69) is 22.4 Å². The van der Waals surface area contributed by atoms with E-state index in [1.165, 1.54) is 19.3 Å². The number of nitrogens with one attached hydrogen (secondary N) is 1. The summed E-state index contributed by atoms with van der Waals surface area (Å²) in [6.45, 7) is 1.56. The minimum absolute atomic E-state index is 0.556. The van der Waals surface area contributed by atoms with Crippen LogP contribution < -0.4 is 11.1 Å². The third-order valence-corrected chi connectivity index (χ3v) is 4.64. The Morgan fingerprint density at radius 2 is 1.96 bits per heavy atom. The van der Waals surface area contributed by atoms with E-state index >= 15 is 0 Å². The van der Waals surface area contributed by atoms with Crippen molar-refractivity contribution in [3.63, 3.8) is 0 Å². The fourth-order valence-corrected chi connectivity index (χ4v) is 2.92. The van der Waals surface area contributed by atoms with Gasteiger partial charge in [-0.15, -0.1) is 5.10 Å². The summed E-state index contributed by atoms with van der Waals surface area (Å²) >= 11 is 0. The molecule has 2 heterocycles. The number of fused-ring (bicyclic) bond motifs is 1. The summed E-state index contributed by atoms with van der Waals surface area (Å²) in [5.74, 6) is 1.71. The van der Waals surface area contributed by atoms with Crippen molar-refractivity contribution in [2.24, 2.45) is 11.7 Å². The van der Waals surface area contributed by atoms with E-state index in [0.29, 0.717) is 6.54 Å². The number of imidazole rings is 1. The fraction of sp³-hybridized carbons (Fsp3) is 0.333.